The average Bonchev–Trinajstić information content (AvgIpc) is 2.93. The first kappa shape index (κ1) is 17.8. The number of nitrogens with one attached hydrogen (secondary N) is 2. The van der Waals surface area contributed by atoms with Crippen molar-refractivity contribution in [1.29, 1.82) is 0 Å². The van der Waals surface area contributed by atoms with Gasteiger partial charge in [-0.25, -0.2) is 0 Å². The van der Waals surface area contributed by atoms with Crippen molar-refractivity contribution in [3.63, 3.8) is 0 Å². The molecular formula is C18H26ClN3O. The van der Waals surface area contributed by atoms with E-state index in [4.69, 9.17) is 5.73 Å². The topological polar surface area (TPSA) is 70.9 Å². The lowest BCUT2D eigenvalue weighted by Crippen LogP contribution is -2.49. The number of nitrogens with two attached hydrogens (primary N) is 1. The first-order valence-corrected chi connectivity index (χ1v) is 8.26. The predicted octanol–water partition coefficient (Wildman–Crippen LogP) is 3.15. The van der Waals surface area contributed by atoms with Crippen molar-refractivity contribution in [2.75, 3.05) is 0 Å². The minimum absolute atomic E-state index is 0. The monoisotopic (exact) mass is 335 g/mol. The third kappa shape index (κ3) is 4.06. The van der Waals surface area contributed by atoms with Crippen LogP contribution in [0.25, 0.3) is 10.9 Å². The maximum atomic E-state index is 12.4. The van der Waals surface area contributed by atoms with Gasteiger partial charge in [0.15, 0.2) is 0 Å². The summed E-state index contributed by atoms with van der Waals surface area (Å²) in [5.74, 6) is 0.530. The molecule has 1 fully saturated rings. The van der Waals surface area contributed by atoms with Crippen molar-refractivity contribution in [1.82, 2.24) is 10.3 Å². The van der Waals surface area contributed by atoms with Crippen molar-refractivity contribution in [2.24, 2.45) is 11.7 Å². The number of halogens is 1. The largest absolute Gasteiger partial charge is 0.361 e. The van der Waals surface area contributed by atoms with Gasteiger partial charge in [-0.3, -0.25) is 4.79 Å². The highest BCUT2D eigenvalue weighted by molar-refractivity contribution is 5.86. The van der Waals surface area contributed by atoms with Gasteiger partial charge in [0, 0.05) is 23.1 Å². The van der Waals surface area contributed by atoms with Crippen molar-refractivity contribution in [3.8, 4) is 0 Å². The van der Waals surface area contributed by atoms with E-state index in [0.717, 1.165) is 22.9 Å². The van der Waals surface area contributed by atoms with Gasteiger partial charge in [0.05, 0.1) is 6.04 Å². The van der Waals surface area contributed by atoms with Gasteiger partial charge in [-0.1, -0.05) is 38.0 Å². The van der Waals surface area contributed by atoms with Gasteiger partial charge in [0.25, 0.3) is 0 Å². The molecule has 1 aliphatic carbocycles. The molecule has 2 aromatic rings. The molecule has 3 atom stereocenters. The zero-order chi connectivity index (χ0) is 15.5. The number of fused-ring (bicyclic) bond motifs is 1. The summed E-state index contributed by atoms with van der Waals surface area (Å²) in [7, 11) is 0. The van der Waals surface area contributed by atoms with Crippen LogP contribution in [0.3, 0.4) is 0 Å². The normalized spacial score (nSPS) is 22.3. The van der Waals surface area contributed by atoms with Gasteiger partial charge in [0.1, 0.15) is 0 Å². The Morgan fingerprint density at radius 3 is 2.87 bits per heavy atom. The number of amides is 1. The summed E-state index contributed by atoms with van der Waals surface area (Å²) in [6.45, 7) is 2.22. The molecule has 1 heterocycles. The number of carbonyl (C=O) groups excluding carboxylic acids is 1. The van der Waals surface area contributed by atoms with Crippen molar-refractivity contribution in [3.05, 3.63) is 36.0 Å². The number of hydrogen-bond donors (Lipinski definition) is 3. The molecule has 1 saturated carbocycles. The summed E-state index contributed by atoms with van der Waals surface area (Å²) in [6, 6.07) is 7.90. The van der Waals surface area contributed by atoms with E-state index >= 15 is 0 Å². The van der Waals surface area contributed by atoms with E-state index in [1.54, 1.807) is 0 Å². The Balaban J connectivity index is 0.00000192. The van der Waals surface area contributed by atoms with Crippen molar-refractivity contribution >= 4 is 29.2 Å². The van der Waals surface area contributed by atoms with Crippen LogP contribution >= 0.6 is 12.4 Å². The summed E-state index contributed by atoms with van der Waals surface area (Å²) in [5, 5.41) is 4.30. The van der Waals surface area contributed by atoms with Gasteiger partial charge in [-0.2, -0.15) is 0 Å². The lowest BCUT2D eigenvalue weighted by atomic mass is 9.85. The predicted molar refractivity (Wildman–Crippen MR) is 96.8 cm³/mol. The molecule has 1 aliphatic rings. The Morgan fingerprint density at radius 2 is 2.09 bits per heavy atom. The van der Waals surface area contributed by atoms with E-state index < -0.39 is 6.04 Å². The van der Waals surface area contributed by atoms with Gasteiger partial charge in [0.2, 0.25) is 5.91 Å². The first-order chi connectivity index (χ1) is 10.6. The van der Waals surface area contributed by atoms with Crippen LogP contribution in [0.1, 0.15) is 38.2 Å². The van der Waals surface area contributed by atoms with Gasteiger partial charge in [-0.05, 0) is 36.8 Å². The molecule has 0 saturated heterocycles. The Bertz CT molecular complexity index is 655. The van der Waals surface area contributed by atoms with Gasteiger partial charge < -0.3 is 16.0 Å². The van der Waals surface area contributed by atoms with Gasteiger partial charge >= 0.3 is 0 Å². The molecular weight excluding hydrogens is 310 g/mol. The molecule has 1 aromatic carbocycles. The van der Waals surface area contributed by atoms with Crippen LogP contribution in [0.15, 0.2) is 30.5 Å². The number of aromatic amines is 1. The maximum absolute atomic E-state index is 12.4. The van der Waals surface area contributed by atoms with E-state index in [0.29, 0.717) is 12.3 Å². The zero-order valence-corrected chi connectivity index (χ0v) is 14.4. The standard InChI is InChI=1S/C18H25N3O.ClH/c1-12-6-2-4-8-16(12)21-18(22)15(19)10-13-11-20-17-9-5-3-7-14(13)17;/h3,5,7,9,11-12,15-16,20H,2,4,6,8,10,19H2,1H3,(H,21,22);1H/t12?,15-,16?;/m0./s1. The second-order valence-corrected chi connectivity index (χ2v) is 6.55. The quantitative estimate of drug-likeness (QED) is 0.803. The first-order valence-electron chi connectivity index (χ1n) is 8.26. The van der Waals surface area contributed by atoms with E-state index in [1.165, 1.54) is 19.3 Å². The molecule has 5 heteroatoms. The molecule has 0 bridgehead atoms. The molecule has 4 nitrogen and oxygen atoms in total. The minimum Gasteiger partial charge on any atom is -0.361 e. The molecule has 1 amide bonds. The lowest BCUT2D eigenvalue weighted by molar-refractivity contribution is -0.123. The van der Waals surface area contributed by atoms with Crippen LogP contribution < -0.4 is 11.1 Å². The minimum atomic E-state index is -0.492. The lowest BCUT2D eigenvalue weighted by Gasteiger charge is -2.30. The molecule has 23 heavy (non-hydrogen) atoms. The van der Waals surface area contributed by atoms with Crippen molar-refractivity contribution in [2.45, 2.75) is 51.1 Å². The van der Waals surface area contributed by atoms with Crippen LogP contribution in [0.4, 0.5) is 0 Å². The van der Waals surface area contributed by atoms with Crippen LogP contribution in [0.5, 0.6) is 0 Å². The van der Waals surface area contributed by atoms with Crippen molar-refractivity contribution < 1.29 is 4.79 Å². The van der Waals surface area contributed by atoms with E-state index in [2.05, 4.69) is 23.3 Å². The number of H-pyrrole nitrogens is 1. The number of hydrogen-bond acceptors (Lipinski definition) is 2. The molecule has 0 spiro atoms. The molecule has 126 valence electrons. The Hall–Kier alpha value is -1.52. The number of aromatic nitrogens is 1. The highest BCUT2D eigenvalue weighted by Crippen LogP contribution is 2.24. The average molecular weight is 336 g/mol. The Kier molecular flexibility index (Phi) is 6.08. The second kappa shape index (κ2) is 7.84. The van der Waals surface area contributed by atoms with E-state index in [1.807, 2.05) is 24.4 Å². The molecule has 2 unspecified atom stereocenters. The smallest absolute Gasteiger partial charge is 0.237 e. The molecule has 3 rings (SSSR count). The van der Waals surface area contributed by atoms with E-state index in [-0.39, 0.29) is 24.4 Å². The third-order valence-electron chi connectivity index (χ3n) is 4.89. The SMILES string of the molecule is CC1CCCCC1NC(=O)[C@@H](N)Cc1c[nH]c2ccccc12.Cl. The third-order valence-corrected chi connectivity index (χ3v) is 4.89. The molecule has 0 aliphatic heterocycles. The van der Waals surface area contributed by atoms with Gasteiger partial charge in [-0.15, -0.1) is 12.4 Å². The summed E-state index contributed by atoms with van der Waals surface area (Å²) in [4.78, 5) is 15.6. The molecule has 0 radical (unpaired) electrons. The van der Waals surface area contributed by atoms with Crippen LogP contribution in [0, 0.1) is 5.92 Å². The highest BCUT2D eigenvalue weighted by atomic mass is 35.5. The summed E-state index contributed by atoms with van der Waals surface area (Å²) in [5.41, 5.74) is 8.33. The zero-order valence-electron chi connectivity index (χ0n) is 13.5. The van der Waals surface area contributed by atoms with Crippen LogP contribution in [-0.4, -0.2) is 23.0 Å². The fraction of sp³-hybridized carbons (Fsp3) is 0.500. The molecule has 1 aromatic heterocycles. The maximum Gasteiger partial charge on any atom is 0.237 e. The fourth-order valence-corrected chi connectivity index (χ4v) is 3.45. The molecule has 4 N–H and O–H groups in total. The van der Waals surface area contributed by atoms with Crippen LogP contribution in [0.2, 0.25) is 0 Å². The number of benzene rings is 1. The Labute approximate surface area is 143 Å². The van der Waals surface area contributed by atoms with Crippen LogP contribution in [-0.2, 0) is 11.2 Å². The summed E-state index contributed by atoms with van der Waals surface area (Å²) in [6.07, 6.45) is 7.27. The second-order valence-electron chi connectivity index (χ2n) is 6.55. The Morgan fingerprint density at radius 1 is 1.35 bits per heavy atom. The number of para-hydroxylation sites is 1. The number of rotatable bonds is 4. The summed E-state index contributed by atoms with van der Waals surface area (Å²) < 4.78 is 0. The summed E-state index contributed by atoms with van der Waals surface area (Å²) >= 11 is 0. The van der Waals surface area contributed by atoms with E-state index in [9.17, 15) is 4.79 Å². The fourth-order valence-electron chi connectivity index (χ4n) is 3.45. The highest BCUT2D eigenvalue weighted by Gasteiger charge is 2.25. The number of carbonyl (C=O) groups is 1.